The number of carboxylic acid groups (broad SMARTS) is 1. The SMILES string of the molecule is CC(C)CC(NC(=O)C(Cc1ccccc1)NC(=O)C(N)Cc1c[nH]c2ccccc12)C(=O)O. The van der Waals surface area contributed by atoms with Gasteiger partial charge in [0.2, 0.25) is 11.8 Å². The molecule has 0 saturated carbocycles. The van der Waals surface area contributed by atoms with Crippen LogP contribution in [0, 0.1) is 5.92 Å². The molecule has 0 radical (unpaired) electrons. The maximum absolute atomic E-state index is 13.1. The van der Waals surface area contributed by atoms with Gasteiger partial charge in [-0.15, -0.1) is 0 Å². The molecular weight excluding hydrogens is 432 g/mol. The Morgan fingerprint density at radius 2 is 1.56 bits per heavy atom. The number of amides is 2. The summed E-state index contributed by atoms with van der Waals surface area (Å²) < 4.78 is 0. The second-order valence-electron chi connectivity index (χ2n) is 8.95. The number of benzene rings is 2. The first-order valence-corrected chi connectivity index (χ1v) is 11.4. The van der Waals surface area contributed by atoms with E-state index in [4.69, 9.17) is 5.73 Å². The molecule has 0 aliphatic rings. The fourth-order valence-electron chi connectivity index (χ4n) is 3.93. The third kappa shape index (κ3) is 6.68. The maximum atomic E-state index is 13.1. The lowest BCUT2D eigenvalue weighted by Crippen LogP contribution is -2.55. The molecule has 8 nitrogen and oxygen atoms in total. The van der Waals surface area contributed by atoms with Crippen LogP contribution in [-0.2, 0) is 27.2 Å². The van der Waals surface area contributed by atoms with Gasteiger partial charge in [0.05, 0.1) is 6.04 Å². The Bertz CT molecular complexity index is 1130. The Morgan fingerprint density at radius 3 is 2.24 bits per heavy atom. The van der Waals surface area contributed by atoms with E-state index in [0.29, 0.717) is 6.42 Å². The Hall–Kier alpha value is -3.65. The van der Waals surface area contributed by atoms with Crippen LogP contribution in [0.15, 0.2) is 60.8 Å². The second-order valence-corrected chi connectivity index (χ2v) is 8.95. The van der Waals surface area contributed by atoms with Crippen LogP contribution in [0.3, 0.4) is 0 Å². The average molecular weight is 465 g/mol. The summed E-state index contributed by atoms with van der Waals surface area (Å²) in [6.07, 6.45) is 2.62. The molecule has 34 heavy (non-hydrogen) atoms. The van der Waals surface area contributed by atoms with Gasteiger partial charge >= 0.3 is 5.97 Å². The van der Waals surface area contributed by atoms with E-state index in [-0.39, 0.29) is 18.8 Å². The number of nitrogens with two attached hydrogens (primary N) is 1. The van der Waals surface area contributed by atoms with Crippen molar-refractivity contribution in [3.05, 3.63) is 71.9 Å². The van der Waals surface area contributed by atoms with Crippen molar-refractivity contribution in [3.63, 3.8) is 0 Å². The highest BCUT2D eigenvalue weighted by atomic mass is 16.4. The molecule has 3 atom stereocenters. The quantitative estimate of drug-likeness (QED) is 0.297. The predicted octanol–water partition coefficient (Wildman–Crippen LogP) is 2.38. The molecule has 2 amide bonds. The van der Waals surface area contributed by atoms with Crippen molar-refractivity contribution >= 4 is 28.7 Å². The lowest BCUT2D eigenvalue weighted by atomic mass is 10.0. The zero-order valence-corrected chi connectivity index (χ0v) is 19.5. The molecular formula is C26H32N4O4. The lowest BCUT2D eigenvalue weighted by molar-refractivity contribution is -0.142. The van der Waals surface area contributed by atoms with E-state index in [9.17, 15) is 19.5 Å². The summed E-state index contributed by atoms with van der Waals surface area (Å²) in [5.41, 5.74) is 8.90. The fourth-order valence-corrected chi connectivity index (χ4v) is 3.93. The van der Waals surface area contributed by atoms with Crippen molar-refractivity contribution in [2.75, 3.05) is 0 Å². The predicted molar refractivity (Wildman–Crippen MR) is 131 cm³/mol. The van der Waals surface area contributed by atoms with Gasteiger partial charge < -0.3 is 26.5 Å². The molecule has 0 aliphatic heterocycles. The number of para-hydroxylation sites is 1. The molecule has 180 valence electrons. The fraction of sp³-hybridized carbons (Fsp3) is 0.346. The number of carbonyl (C=O) groups excluding carboxylic acids is 2. The summed E-state index contributed by atoms with van der Waals surface area (Å²) in [7, 11) is 0. The Morgan fingerprint density at radius 1 is 0.912 bits per heavy atom. The molecule has 1 heterocycles. The standard InChI is InChI=1S/C26H32N4O4/c1-16(2)12-23(26(33)34)30-25(32)22(13-17-8-4-3-5-9-17)29-24(31)20(27)14-18-15-28-21-11-7-6-10-19(18)21/h3-11,15-16,20,22-23,28H,12-14,27H2,1-2H3,(H,29,31)(H,30,32)(H,33,34). The van der Waals surface area contributed by atoms with E-state index in [1.165, 1.54) is 0 Å². The molecule has 0 aliphatic carbocycles. The number of carboxylic acids is 1. The topological polar surface area (TPSA) is 137 Å². The lowest BCUT2D eigenvalue weighted by Gasteiger charge is -2.23. The Labute approximate surface area is 198 Å². The molecule has 3 rings (SSSR count). The number of carbonyl (C=O) groups is 3. The zero-order valence-electron chi connectivity index (χ0n) is 19.5. The van der Waals surface area contributed by atoms with Crippen molar-refractivity contribution < 1.29 is 19.5 Å². The van der Waals surface area contributed by atoms with Crippen molar-refractivity contribution in [1.29, 1.82) is 0 Å². The summed E-state index contributed by atoms with van der Waals surface area (Å²) >= 11 is 0. The molecule has 3 aromatic rings. The highest BCUT2D eigenvalue weighted by Crippen LogP contribution is 2.19. The van der Waals surface area contributed by atoms with Crippen LogP contribution >= 0.6 is 0 Å². The maximum Gasteiger partial charge on any atom is 0.326 e. The molecule has 6 N–H and O–H groups in total. The first-order valence-electron chi connectivity index (χ1n) is 11.4. The van der Waals surface area contributed by atoms with Crippen molar-refractivity contribution in [2.24, 2.45) is 11.7 Å². The van der Waals surface area contributed by atoms with E-state index in [2.05, 4.69) is 15.6 Å². The van der Waals surface area contributed by atoms with Gasteiger partial charge in [-0.2, -0.15) is 0 Å². The van der Waals surface area contributed by atoms with Crippen LogP contribution in [0.4, 0.5) is 0 Å². The van der Waals surface area contributed by atoms with Gasteiger partial charge in [-0.3, -0.25) is 9.59 Å². The normalized spacial score (nSPS) is 13.9. The summed E-state index contributed by atoms with van der Waals surface area (Å²) in [6.45, 7) is 3.77. The second kappa shape index (κ2) is 11.5. The molecule has 2 aromatic carbocycles. The molecule has 3 unspecified atom stereocenters. The van der Waals surface area contributed by atoms with Gasteiger partial charge in [-0.05, 0) is 36.0 Å². The van der Waals surface area contributed by atoms with E-state index >= 15 is 0 Å². The summed E-state index contributed by atoms with van der Waals surface area (Å²) in [5, 5.41) is 15.8. The van der Waals surface area contributed by atoms with Gasteiger partial charge in [0.1, 0.15) is 12.1 Å². The largest absolute Gasteiger partial charge is 0.480 e. The average Bonchev–Trinajstić information content (AvgIpc) is 3.21. The van der Waals surface area contributed by atoms with Crippen LogP contribution in [-0.4, -0.2) is 46.0 Å². The minimum Gasteiger partial charge on any atom is -0.480 e. The summed E-state index contributed by atoms with van der Waals surface area (Å²) in [4.78, 5) is 40.8. The van der Waals surface area contributed by atoms with Gasteiger partial charge in [-0.1, -0.05) is 62.4 Å². The van der Waals surface area contributed by atoms with E-state index in [0.717, 1.165) is 22.0 Å². The van der Waals surface area contributed by atoms with Crippen molar-refractivity contribution in [1.82, 2.24) is 15.6 Å². The highest BCUT2D eigenvalue weighted by molar-refractivity contribution is 5.92. The van der Waals surface area contributed by atoms with Crippen LogP contribution < -0.4 is 16.4 Å². The number of hydrogen-bond donors (Lipinski definition) is 5. The first-order chi connectivity index (χ1) is 16.2. The number of nitrogens with one attached hydrogen (secondary N) is 3. The van der Waals surface area contributed by atoms with E-state index in [1.807, 2.05) is 74.6 Å². The van der Waals surface area contributed by atoms with Crippen molar-refractivity contribution in [3.8, 4) is 0 Å². The third-order valence-corrected chi connectivity index (χ3v) is 5.69. The minimum absolute atomic E-state index is 0.0770. The molecule has 1 aromatic heterocycles. The number of H-pyrrole nitrogens is 1. The molecule has 0 bridgehead atoms. The summed E-state index contributed by atoms with van der Waals surface area (Å²) in [6, 6.07) is 14.1. The van der Waals surface area contributed by atoms with Crippen LogP contribution in [0.5, 0.6) is 0 Å². The number of aromatic amines is 1. The Balaban J connectivity index is 1.73. The number of hydrogen-bond acceptors (Lipinski definition) is 4. The first kappa shape index (κ1) is 25.0. The highest BCUT2D eigenvalue weighted by Gasteiger charge is 2.29. The van der Waals surface area contributed by atoms with Gasteiger partial charge in [-0.25, -0.2) is 4.79 Å². The van der Waals surface area contributed by atoms with Crippen LogP contribution in [0.2, 0.25) is 0 Å². The number of aliphatic carboxylic acids is 1. The third-order valence-electron chi connectivity index (χ3n) is 5.69. The van der Waals surface area contributed by atoms with E-state index < -0.39 is 35.9 Å². The minimum atomic E-state index is -1.11. The molecule has 0 spiro atoms. The van der Waals surface area contributed by atoms with Crippen molar-refractivity contribution in [2.45, 2.75) is 51.2 Å². The monoisotopic (exact) mass is 464 g/mol. The smallest absolute Gasteiger partial charge is 0.326 e. The van der Waals surface area contributed by atoms with E-state index in [1.54, 1.807) is 0 Å². The van der Waals surface area contributed by atoms with Gasteiger partial charge in [0.15, 0.2) is 0 Å². The van der Waals surface area contributed by atoms with Gasteiger partial charge in [0, 0.05) is 23.5 Å². The number of rotatable bonds is 11. The number of fused-ring (bicyclic) bond motifs is 1. The van der Waals surface area contributed by atoms with Crippen LogP contribution in [0.25, 0.3) is 10.9 Å². The van der Waals surface area contributed by atoms with Gasteiger partial charge in [0.25, 0.3) is 0 Å². The molecule has 8 heteroatoms. The number of aromatic nitrogens is 1. The summed E-state index contributed by atoms with van der Waals surface area (Å²) in [5.74, 6) is -2.06. The zero-order chi connectivity index (χ0) is 24.7. The molecule has 0 saturated heterocycles. The van der Waals surface area contributed by atoms with Crippen LogP contribution in [0.1, 0.15) is 31.4 Å². The molecule has 0 fully saturated rings. The Kier molecular flexibility index (Phi) is 8.43.